The molecule has 0 bridgehead atoms. The molecule has 1 aromatic rings. The lowest BCUT2D eigenvalue weighted by molar-refractivity contribution is -0.116. The van der Waals surface area contributed by atoms with Crippen molar-refractivity contribution in [1.82, 2.24) is 4.31 Å². The molecule has 1 aliphatic heterocycles. The van der Waals surface area contributed by atoms with Gasteiger partial charge in [-0.15, -0.1) is 0 Å². The van der Waals surface area contributed by atoms with E-state index in [1.54, 1.807) is 28.6 Å². The fourth-order valence-corrected chi connectivity index (χ4v) is 4.92. The monoisotopic (exact) mass is 352 g/mol. The predicted molar refractivity (Wildman–Crippen MR) is 96.2 cm³/mol. The second-order valence-electron chi connectivity index (χ2n) is 7.44. The summed E-state index contributed by atoms with van der Waals surface area (Å²) >= 11 is 0. The first-order valence-corrected chi connectivity index (χ1v) is 10.0. The van der Waals surface area contributed by atoms with Gasteiger partial charge in [0.05, 0.1) is 4.90 Å². The summed E-state index contributed by atoms with van der Waals surface area (Å²) in [5, 5.41) is 2.80. The van der Waals surface area contributed by atoms with Crippen LogP contribution in [0.2, 0.25) is 0 Å². The molecule has 2 rings (SSSR count). The normalized spacial score (nSPS) is 22.5. The highest BCUT2D eigenvalue weighted by Crippen LogP contribution is 2.27. The van der Waals surface area contributed by atoms with Gasteiger partial charge in [-0.3, -0.25) is 4.79 Å². The Morgan fingerprint density at radius 1 is 1.17 bits per heavy atom. The molecule has 1 heterocycles. The Labute approximate surface area is 145 Å². The number of hydrogen-bond acceptors (Lipinski definition) is 3. The van der Waals surface area contributed by atoms with Gasteiger partial charge in [-0.25, -0.2) is 8.42 Å². The van der Waals surface area contributed by atoms with Crippen LogP contribution in [-0.4, -0.2) is 31.7 Å². The Balaban J connectivity index is 2.10. The maximum atomic E-state index is 12.8. The molecule has 1 aliphatic rings. The van der Waals surface area contributed by atoms with Gasteiger partial charge >= 0.3 is 0 Å². The summed E-state index contributed by atoms with van der Waals surface area (Å²) in [5.41, 5.74) is 0.625. The minimum atomic E-state index is -3.47. The van der Waals surface area contributed by atoms with Gasteiger partial charge in [0.15, 0.2) is 0 Å². The number of nitrogens with one attached hydrogen (secondary N) is 1. The lowest BCUT2D eigenvalue weighted by Gasteiger charge is -2.34. The summed E-state index contributed by atoms with van der Waals surface area (Å²) in [6.07, 6.45) is 1.51. The molecule has 0 aliphatic carbocycles. The van der Waals surface area contributed by atoms with Crippen molar-refractivity contribution in [1.29, 1.82) is 0 Å². The number of sulfonamides is 1. The average molecular weight is 353 g/mol. The number of carbonyl (C=O) groups excluding carboxylic acids is 1. The minimum Gasteiger partial charge on any atom is -0.326 e. The van der Waals surface area contributed by atoms with Crippen LogP contribution in [0.1, 0.15) is 40.5 Å². The third-order valence-corrected chi connectivity index (χ3v) is 6.05. The molecule has 6 heteroatoms. The van der Waals surface area contributed by atoms with Gasteiger partial charge < -0.3 is 5.32 Å². The number of amides is 1. The van der Waals surface area contributed by atoms with E-state index in [0.717, 1.165) is 6.42 Å². The van der Waals surface area contributed by atoms with E-state index in [9.17, 15) is 13.2 Å². The van der Waals surface area contributed by atoms with Crippen molar-refractivity contribution in [2.24, 2.45) is 17.8 Å². The lowest BCUT2D eigenvalue weighted by atomic mass is 9.94. The highest BCUT2D eigenvalue weighted by molar-refractivity contribution is 7.89. The van der Waals surface area contributed by atoms with Crippen molar-refractivity contribution < 1.29 is 13.2 Å². The van der Waals surface area contributed by atoms with Gasteiger partial charge in [0, 0.05) is 25.2 Å². The van der Waals surface area contributed by atoms with Gasteiger partial charge in [-0.2, -0.15) is 4.31 Å². The first-order chi connectivity index (χ1) is 11.2. The molecule has 2 unspecified atom stereocenters. The smallest absolute Gasteiger partial charge is 0.243 e. The zero-order chi connectivity index (χ0) is 17.9. The number of rotatable bonds is 5. The van der Waals surface area contributed by atoms with Gasteiger partial charge in [0.2, 0.25) is 15.9 Å². The van der Waals surface area contributed by atoms with Crippen molar-refractivity contribution in [2.75, 3.05) is 18.4 Å². The van der Waals surface area contributed by atoms with E-state index < -0.39 is 10.0 Å². The molecule has 1 aromatic carbocycles. The van der Waals surface area contributed by atoms with Gasteiger partial charge in [-0.1, -0.05) is 27.7 Å². The molecule has 1 fully saturated rings. The molecule has 0 radical (unpaired) electrons. The molecule has 134 valence electrons. The van der Waals surface area contributed by atoms with E-state index in [2.05, 4.69) is 19.2 Å². The molecule has 0 saturated carbocycles. The second-order valence-corrected chi connectivity index (χ2v) is 9.38. The van der Waals surface area contributed by atoms with Crippen LogP contribution in [0.25, 0.3) is 0 Å². The van der Waals surface area contributed by atoms with Crippen LogP contribution in [0.3, 0.4) is 0 Å². The second kappa shape index (κ2) is 7.66. The first kappa shape index (κ1) is 18.9. The average Bonchev–Trinajstić information content (AvgIpc) is 2.45. The lowest BCUT2D eigenvalue weighted by Crippen LogP contribution is -2.42. The van der Waals surface area contributed by atoms with Crippen LogP contribution in [0.4, 0.5) is 5.69 Å². The zero-order valence-corrected chi connectivity index (χ0v) is 15.8. The van der Waals surface area contributed by atoms with Crippen LogP contribution in [-0.2, 0) is 14.8 Å². The number of benzene rings is 1. The van der Waals surface area contributed by atoms with Crippen molar-refractivity contribution in [2.45, 2.75) is 45.4 Å². The predicted octanol–water partition coefficient (Wildman–Crippen LogP) is 3.34. The third-order valence-electron chi connectivity index (χ3n) is 4.20. The highest BCUT2D eigenvalue weighted by Gasteiger charge is 2.31. The molecule has 1 N–H and O–H groups in total. The van der Waals surface area contributed by atoms with Gasteiger partial charge in [0.25, 0.3) is 0 Å². The highest BCUT2D eigenvalue weighted by atomic mass is 32.2. The Hall–Kier alpha value is -1.40. The number of carbonyl (C=O) groups is 1. The van der Waals surface area contributed by atoms with Crippen molar-refractivity contribution in [3.05, 3.63) is 24.3 Å². The quantitative estimate of drug-likeness (QED) is 0.884. The Morgan fingerprint density at radius 2 is 1.71 bits per heavy atom. The summed E-state index contributed by atoms with van der Waals surface area (Å²) in [4.78, 5) is 12.1. The van der Waals surface area contributed by atoms with Gasteiger partial charge in [0.1, 0.15) is 0 Å². The van der Waals surface area contributed by atoms with Crippen LogP contribution < -0.4 is 5.32 Å². The van der Waals surface area contributed by atoms with Crippen molar-refractivity contribution in [3.63, 3.8) is 0 Å². The van der Waals surface area contributed by atoms with Crippen LogP contribution >= 0.6 is 0 Å². The summed E-state index contributed by atoms with van der Waals surface area (Å²) in [5.74, 6) is 0.975. The summed E-state index contributed by atoms with van der Waals surface area (Å²) in [6, 6.07) is 6.46. The molecule has 1 saturated heterocycles. The molecule has 2 atom stereocenters. The fraction of sp³-hybridized carbons (Fsp3) is 0.611. The zero-order valence-electron chi connectivity index (χ0n) is 15.0. The SMILES string of the molecule is CC(C)CC(=O)Nc1ccc(S(=O)(=O)N2CC(C)CC(C)C2)cc1. The van der Waals surface area contributed by atoms with Crippen LogP contribution in [0.15, 0.2) is 29.2 Å². The molecule has 5 nitrogen and oxygen atoms in total. The Morgan fingerprint density at radius 3 is 2.21 bits per heavy atom. The standard InChI is InChI=1S/C18H28N2O3S/c1-13(2)9-18(21)19-16-5-7-17(8-6-16)24(22,23)20-11-14(3)10-15(4)12-20/h5-8,13-15H,9-12H2,1-4H3,(H,19,21). The maximum Gasteiger partial charge on any atom is 0.243 e. The maximum absolute atomic E-state index is 12.8. The number of nitrogens with zero attached hydrogens (tertiary/aromatic N) is 1. The van der Waals surface area contributed by atoms with Gasteiger partial charge in [-0.05, 0) is 48.4 Å². The Bertz CT molecular complexity index is 658. The van der Waals surface area contributed by atoms with Crippen LogP contribution in [0.5, 0.6) is 0 Å². The van der Waals surface area contributed by atoms with E-state index in [4.69, 9.17) is 0 Å². The molecule has 1 amide bonds. The molecule has 24 heavy (non-hydrogen) atoms. The van der Waals surface area contributed by atoms with Crippen molar-refractivity contribution >= 4 is 21.6 Å². The fourth-order valence-electron chi connectivity index (χ4n) is 3.24. The first-order valence-electron chi connectivity index (χ1n) is 8.58. The number of hydrogen-bond donors (Lipinski definition) is 1. The number of anilines is 1. The minimum absolute atomic E-state index is 0.0562. The van der Waals surface area contributed by atoms with E-state index in [1.165, 1.54) is 0 Å². The Kier molecular flexibility index (Phi) is 6.04. The van der Waals surface area contributed by atoms with Crippen molar-refractivity contribution in [3.8, 4) is 0 Å². The largest absolute Gasteiger partial charge is 0.326 e. The van der Waals surface area contributed by atoms with E-state index in [1.807, 2.05) is 13.8 Å². The number of piperidine rings is 1. The molecular weight excluding hydrogens is 324 g/mol. The summed E-state index contributed by atoms with van der Waals surface area (Å²) in [7, 11) is -3.47. The third kappa shape index (κ3) is 4.80. The summed E-state index contributed by atoms with van der Waals surface area (Å²) < 4.78 is 27.2. The van der Waals surface area contributed by atoms with Crippen LogP contribution in [0, 0.1) is 17.8 Å². The van der Waals surface area contributed by atoms with E-state index in [-0.39, 0.29) is 16.7 Å². The topological polar surface area (TPSA) is 66.5 Å². The van der Waals surface area contributed by atoms with E-state index >= 15 is 0 Å². The summed E-state index contributed by atoms with van der Waals surface area (Å²) in [6.45, 7) is 9.28. The van der Waals surface area contributed by atoms with E-state index in [0.29, 0.717) is 37.0 Å². The molecular formula is C18H28N2O3S. The molecule has 0 aromatic heterocycles. The molecule has 0 spiro atoms.